The molecule has 2 aromatic heterocycles. The number of aryl methyl sites for hydroxylation is 1. The van der Waals surface area contributed by atoms with E-state index in [1.807, 2.05) is 12.1 Å². The molecule has 0 saturated carbocycles. The summed E-state index contributed by atoms with van der Waals surface area (Å²) in [5.74, 6) is -2.16. The minimum absolute atomic E-state index is 0.0514. The molecule has 0 aliphatic carbocycles. The zero-order chi connectivity index (χ0) is 29.3. The number of hydrogen-bond acceptors (Lipinski definition) is 8. The normalized spacial score (nSPS) is 17.3. The summed E-state index contributed by atoms with van der Waals surface area (Å²) < 4.78 is 11.0. The second-order valence-corrected chi connectivity index (χ2v) is 11.3. The van der Waals surface area contributed by atoms with Crippen molar-refractivity contribution in [2.24, 2.45) is 0 Å². The standard InChI is InChI=1S/C31H20ClN3O6S/c1-16-26(28(38)40-2)42-30(33-16)35-27(37)25-23(24(36)18-10-4-8-14-22(18)41-25)31(35)19-11-5-7-13-21(19)34(29(31)39)15-17-9-3-6-12-20(17)32/h3-14H,15H2,1-2H3. The third kappa shape index (κ3) is 3.39. The number of carbonyl (C=O) groups is 3. The van der Waals surface area contributed by atoms with Gasteiger partial charge in [0.2, 0.25) is 5.76 Å². The summed E-state index contributed by atoms with van der Waals surface area (Å²) in [5.41, 5.74) is -0.442. The van der Waals surface area contributed by atoms with Crippen LogP contribution in [-0.4, -0.2) is 29.9 Å². The lowest BCUT2D eigenvalue weighted by molar-refractivity contribution is -0.121. The molecule has 5 aromatic rings. The fourth-order valence-corrected chi connectivity index (χ4v) is 7.06. The Balaban J connectivity index is 1.56. The summed E-state index contributed by atoms with van der Waals surface area (Å²) in [7, 11) is 1.25. The molecule has 4 heterocycles. The predicted octanol–water partition coefficient (Wildman–Crippen LogP) is 5.45. The Hall–Kier alpha value is -4.80. The van der Waals surface area contributed by atoms with Crippen LogP contribution >= 0.6 is 22.9 Å². The van der Waals surface area contributed by atoms with E-state index < -0.39 is 28.8 Å². The fourth-order valence-electron chi connectivity index (χ4n) is 5.82. The van der Waals surface area contributed by atoms with Crippen molar-refractivity contribution < 1.29 is 23.5 Å². The number of nitrogens with zero attached hydrogens (tertiary/aromatic N) is 3. The maximum atomic E-state index is 15.0. The summed E-state index contributed by atoms with van der Waals surface area (Å²) in [5, 5.41) is 0.744. The number of aromatic nitrogens is 1. The molecule has 2 aliphatic heterocycles. The molecule has 208 valence electrons. The van der Waals surface area contributed by atoms with E-state index in [9.17, 15) is 19.2 Å². The number of anilines is 2. The molecule has 0 radical (unpaired) electrons. The van der Waals surface area contributed by atoms with Gasteiger partial charge in [-0.3, -0.25) is 19.3 Å². The largest absolute Gasteiger partial charge is 0.465 e. The lowest BCUT2D eigenvalue weighted by atomic mass is 9.84. The highest BCUT2D eigenvalue weighted by Gasteiger charge is 2.66. The first-order valence-electron chi connectivity index (χ1n) is 12.9. The highest BCUT2D eigenvalue weighted by Crippen LogP contribution is 2.55. The molecule has 9 nitrogen and oxygen atoms in total. The first-order valence-corrected chi connectivity index (χ1v) is 14.1. The van der Waals surface area contributed by atoms with E-state index in [0.29, 0.717) is 27.5 Å². The number of carbonyl (C=O) groups excluding carboxylic acids is 3. The van der Waals surface area contributed by atoms with Crippen LogP contribution in [0.2, 0.25) is 5.02 Å². The maximum Gasteiger partial charge on any atom is 0.350 e. The molecule has 0 bridgehead atoms. The van der Waals surface area contributed by atoms with Gasteiger partial charge < -0.3 is 14.1 Å². The van der Waals surface area contributed by atoms with Crippen molar-refractivity contribution in [3.05, 3.63) is 121 Å². The molecule has 1 spiro atoms. The molecular formula is C31H20ClN3O6S. The van der Waals surface area contributed by atoms with Gasteiger partial charge in [-0.2, -0.15) is 0 Å². The zero-order valence-electron chi connectivity index (χ0n) is 22.2. The van der Waals surface area contributed by atoms with Crippen LogP contribution in [0.1, 0.15) is 42.6 Å². The van der Waals surface area contributed by atoms with E-state index in [0.717, 1.165) is 11.3 Å². The maximum absolute atomic E-state index is 15.0. The minimum Gasteiger partial charge on any atom is -0.465 e. The van der Waals surface area contributed by atoms with Crippen molar-refractivity contribution in [1.29, 1.82) is 0 Å². The van der Waals surface area contributed by atoms with Gasteiger partial charge in [-0.15, -0.1) is 0 Å². The van der Waals surface area contributed by atoms with Gasteiger partial charge in [0.1, 0.15) is 10.5 Å². The Morgan fingerprint density at radius 1 is 1.02 bits per heavy atom. The number of amides is 2. The minimum atomic E-state index is -1.95. The number of halogens is 1. The highest BCUT2D eigenvalue weighted by molar-refractivity contribution is 7.17. The van der Waals surface area contributed by atoms with Crippen LogP contribution < -0.4 is 15.2 Å². The number of rotatable bonds is 4. The Morgan fingerprint density at radius 2 is 1.74 bits per heavy atom. The number of methoxy groups -OCH3 is 1. The van der Waals surface area contributed by atoms with E-state index in [1.54, 1.807) is 67.6 Å². The molecule has 3 aromatic carbocycles. The molecule has 1 atom stereocenters. The van der Waals surface area contributed by atoms with Crippen molar-refractivity contribution in [3.8, 4) is 0 Å². The van der Waals surface area contributed by atoms with Crippen LogP contribution in [0.5, 0.6) is 0 Å². The van der Waals surface area contributed by atoms with Gasteiger partial charge in [-0.1, -0.05) is 71.5 Å². The number of hydrogen-bond donors (Lipinski definition) is 0. The molecule has 1 unspecified atom stereocenters. The van der Waals surface area contributed by atoms with Gasteiger partial charge in [-0.05, 0) is 36.8 Å². The van der Waals surface area contributed by atoms with Gasteiger partial charge in [0.25, 0.3) is 11.8 Å². The number of para-hydroxylation sites is 2. The molecule has 7 rings (SSSR count). The molecule has 11 heteroatoms. The molecule has 0 saturated heterocycles. The Bertz CT molecular complexity index is 2050. The zero-order valence-corrected chi connectivity index (χ0v) is 23.8. The van der Waals surface area contributed by atoms with Gasteiger partial charge >= 0.3 is 5.97 Å². The average Bonchev–Trinajstić information content (AvgIpc) is 3.58. The molecule has 2 amide bonds. The van der Waals surface area contributed by atoms with E-state index in [1.165, 1.54) is 16.9 Å². The van der Waals surface area contributed by atoms with Gasteiger partial charge in [-0.25, -0.2) is 9.78 Å². The summed E-state index contributed by atoms with van der Waals surface area (Å²) in [6.07, 6.45) is 0. The van der Waals surface area contributed by atoms with Crippen molar-refractivity contribution in [2.75, 3.05) is 16.9 Å². The van der Waals surface area contributed by atoms with Crippen molar-refractivity contribution in [2.45, 2.75) is 19.0 Å². The van der Waals surface area contributed by atoms with Crippen LogP contribution in [0.25, 0.3) is 11.0 Å². The number of esters is 1. The molecule has 2 aliphatic rings. The monoisotopic (exact) mass is 597 g/mol. The van der Waals surface area contributed by atoms with Crippen LogP contribution in [0.3, 0.4) is 0 Å². The van der Waals surface area contributed by atoms with E-state index in [4.69, 9.17) is 20.8 Å². The first-order chi connectivity index (χ1) is 20.3. The molecular weight excluding hydrogens is 578 g/mol. The van der Waals surface area contributed by atoms with Crippen LogP contribution in [0, 0.1) is 6.92 Å². The van der Waals surface area contributed by atoms with E-state index >= 15 is 0 Å². The Morgan fingerprint density at radius 3 is 2.52 bits per heavy atom. The summed E-state index contributed by atoms with van der Waals surface area (Å²) in [6, 6.07) is 20.7. The van der Waals surface area contributed by atoms with Crippen LogP contribution in [-0.2, 0) is 21.6 Å². The topological polar surface area (TPSA) is 110 Å². The Labute approximate surface area is 247 Å². The van der Waals surface area contributed by atoms with Crippen LogP contribution in [0.4, 0.5) is 10.8 Å². The van der Waals surface area contributed by atoms with Gasteiger partial charge in [0.05, 0.1) is 36.0 Å². The SMILES string of the molecule is COC(=O)c1sc(N2C(=O)c3oc4ccccc4c(=O)c3C23C(=O)N(Cc2ccccc2Cl)c2ccccc23)nc1C. The fraction of sp³-hybridized carbons (Fsp3) is 0.129. The number of thiazole rings is 1. The van der Waals surface area contributed by atoms with Crippen LogP contribution in [0.15, 0.2) is 82.0 Å². The third-order valence-corrected chi connectivity index (χ3v) is 9.16. The van der Waals surface area contributed by atoms with Crippen molar-refractivity contribution in [3.63, 3.8) is 0 Å². The Kier molecular flexibility index (Phi) is 5.83. The summed E-state index contributed by atoms with van der Waals surface area (Å²) >= 11 is 7.39. The summed E-state index contributed by atoms with van der Waals surface area (Å²) in [4.78, 5) is 63.5. The second-order valence-electron chi connectivity index (χ2n) is 9.88. The van der Waals surface area contributed by atoms with Crippen molar-refractivity contribution >= 4 is 62.5 Å². The van der Waals surface area contributed by atoms with Crippen molar-refractivity contribution in [1.82, 2.24) is 4.98 Å². The highest BCUT2D eigenvalue weighted by atomic mass is 35.5. The van der Waals surface area contributed by atoms with E-state index in [2.05, 4.69) is 4.98 Å². The lowest BCUT2D eigenvalue weighted by Crippen LogP contribution is -2.53. The molecule has 0 fully saturated rings. The quantitative estimate of drug-likeness (QED) is 0.253. The van der Waals surface area contributed by atoms with Gasteiger partial charge in [0, 0.05) is 10.6 Å². The second kappa shape index (κ2) is 9.37. The van der Waals surface area contributed by atoms with Gasteiger partial charge in [0.15, 0.2) is 16.1 Å². The number of benzene rings is 3. The number of ether oxygens (including phenoxy) is 1. The summed E-state index contributed by atoms with van der Waals surface area (Å²) in [6.45, 7) is 1.69. The molecule has 0 N–H and O–H groups in total. The average molecular weight is 598 g/mol. The molecule has 42 heavy (non-hydrogen) atoms. The third-order valence-electron chi connectivity index (χ3n) is 7.67. The van der Waals surface area contributed by atoms with E-state index in [-0.39, 0.29) is 38.8 Å². The first kappa shape index (κ1) is 26.1. The smallest absolute Gasteiger partial charge is 0.350 e. The predicted molar refractivity (Wildman–Crippen MR) is 157 cm³/mol. The number of fused-ring (bicyclic) bond motifs is 5. The lowest BCUT2D eigenvalue weighted by Gasteiger charge is -2.32.